The lowest BCUT2D eigenvalue weighted by molar-refractivity contribution is 1.15. The van der Waals surface area contributed by atoms with E-state index in [1.165, 1.54) is 33.3 Å². The maximum absolute atomic E-state index is 3.71. The van der Waals surface area contributed by atoms with E-state index in [0.29, 0.717) is 0 Å². The van der Waals surface area contributed by atoms with E-state index in [2.05, 4.69) is 94.7 Å². The third-order valence-corrected chi connectivity index (χ3v) is 4.61. The van der Waals surface area contributed by atoms with E-state index in [-0.39, 0.29) is 6.85 Å². The summed E-state index contributed by atoms with van der Waals surface area (Å²) in [6, 6.07) is 30.1. The monoisotopic (exact) mass is 294 g/mol. The smallest absolute Gasteiger partial charge is 0.338 e. The highest BCUT2D eigenvalue weighted by molar-refractivity contribution is 6.88. The number of hydrogen-bond donors (Lipinski definition) is 1. The number of fused-ring (bicyclic) bond motifs is 5. The van der Waals surface area contributed by atoms with Gasteiger partial charge in [0.05, 0.1) is 11.2 Å². The Morgan fingerprint density at radius 3 is 2.39 bits per heavy atom. The Hall–Kier alpha value is -2.94. The molecule has 0 amide bonds. The molecular weight excluding hydrogens is 279 g/mol. The topological polar surface area (TPSA) is 17.0 Å². The van der Waals surface area contributed by atoms with E-state index in [4.69, 9.17) is 0 Å². The summed E-state index contributed by atoms with van der Waals surface area (Å²) >= 11 is 0. The van der Waals surface area contributed by atoms with Crippen molar-refractivity contribution in [1.82, 2.24) is 4.57 Å². The Labute approximate surface area is 135 Å². The van der Waals surface area contributed by atoms with Crippen LogP contribution in [0, 0.1) is 0 Å². The molecule has 1 aromatic heterocycles. The highest BCUT2D eigenvalue weighted by atomic mass is 15.1. The van der Waals surface area contributed by atoms with Gasteiger partial charge in [-0.15, -0.1) is 0 Å². The lowest BCUT2D eigenvalue weighted by Gasteiger charge is -2.27. The second kappa shape index (κ2) is 4.78. The van der Waals surface area contributed by atoms with Crippen molar-refractivity contribution in [2.24, 2.45) is 0 Å². The molecule has 4 aromatic rings. The highest BCUT2D eigenvalue weighted by Gasteiger charge is 2.30. The fraction of sp³-hybridized carbons (Fsp3) is 0. The molecule has 0 atom stereocenters. The predicted octanol–water partition coefficient (Wildman–Crippen LogP) is 3.16. The third kappa shape index (κ3) is 1.83. The largest absolute Gasteiger partial charge is 0.417 e. The summed E-state index contributed by atoms with van der Waals surface area (Å²) in [6.45, 7) is 0.165. The van der Waals surface area contributed by atoms with Gasteiger partial charge in [-0.25, -0.2) is 0 Å². The summed E-state index contributed by atoms with van der Waals surface area (Å²) in [5.74, 6) is 0. The number of benzene rings is 3. The van der Waals surface area contributed by atoms with Crippen LogP contribution in [-0.2, 0) is 0 Å². The van der Waals surface area contributed by atoms with Crippen molar-refractivity contribution in [2.75, 3.05) is 5.23 Å². The fourth-order valence-corrected chi connectivity index (χ4v) is 3.58. The lowest BCUT2D eigenvalue weighted by atomic mass is 9.52. The second-order valence-electron chi connectivity index (χ2n) is 5.97. The van der Waals surface area contributed by atoms with Gasteiger partial charge in [-0.2, -0.15) is 0 Å². The van der Waals surface area contributed by atoms with E-state index in [9.17, 15) is 0 Å². The molecule has 0 saturated heterocycles. The zero-order valence-corrected chi connectivity index (χ0v) is 12.6. The molecule has 1 N–H and O–H groups in total. The molecule has 5 rings (SSSR count). The molecule has 3 aromatic carbocycles. The molecule has 0 spiro atoms. The summed E-state index contributed by atoms with van der Waals surface area (Å²) in [5.41, 5.74) is 6.23. The molecule has 0 aliphatic carbocycles. The average Bonchev–Trinajstić information content (AvgIpc) is 3.01. The number of nitrogens with zero attached hydrogens (tertiary/aromatic N) is 1. The molecule has 2 heterocycles. The molecule has 0 unspecified atom stereocenters. The number of nitrogens with one attached hydrogen (secondary N) is 1. The van der Waals surface area contributed by atoms with Crippen LogP contribution < -0.4 is 16.3 Å². The van der Waals surface area contributed by atoms with Gasteiger partial charge in [0.2, 0.25) is 0 Å². The van der Waals surface area contributed by atoms with Crippen molar-refractivity contribution in [3.8, 4) is 5.69 Å². The molecule has 3 heteroatoms. The lowest BCUT2D eigenvalue weighted by Crippen LogP contribution is -2.54. The van der Waals surface area contributed by atoms with Crippen LogP contribution in [-0.4, -0.2) is 11.4 Å². The number of aromatic nitrogens is 1. The molecular formula is C20H15BN2. The first kappa shape index (κ1) is 12.6. The third-order valence-electron chi connectivity index (χ3n) is 4.61. The van der Waals surface area contributed by atoms with Crippen LogP contribution in [0.2, 0.25) is 0 Å². The number of hydrogen-bond acceptors (Lipinski definition) is 1. The number of anilines is 1. The van der Waals surface area contributed by atoms with E-state index < -0.39 is 0 Å². The Balaban J connectivity index is 1.84. The van der Waals surface area contributed by atoms with Crippen LogP contribution >= 0.6 is 0 Å². The van der Waals surface area contributed by atoms with E-state index >= 15 is 0 Å². The first-order valence-electron chi connectivity index (χ1n) is 7.93. The summed E-state index contributed by atoms with van der Waals surface area (Å²) in [5, 5.41) is 4.99. The van der Waals surface area contributed by atoms with Crippen molar-refractivity contribution in [1.29, 1.82) is 0 Å². The van der Waals surface area contributed by atoms with Gasteiger partial charge in [-0.05, 0) is 35.1 Å². The van der Waals surface area contributed by atoms with Crippen LogP contribution in [0.25, 0.3) is 16.6 Å². The van der Waals surface area contributed by atoms with Crippen LogP contribution in [0.1, 0.15) is 0 Å². The summed E-state index contributed by atoms with van der Waals surface area (Å²) in [7, 11) is 0. The zero-order chi connectivity index (χ0) is 15.2. The minimum absolute atomic E-state index is 0.165. The number of para-hydroxylation sites is 3. The highest BCUT2D eigenvalue weighted by Crippen LogP contribution is 2.28. The minimum atomic E-state index is 0.165. The number of rotatable bonds is 1. The maximum Gasteiger partial charge on any atom is 0.338 e. The van der Waals surface area contributed by atoms with Gasteiger partial charge in [0, 0.05) is 11.3 Å². The minimum Gasteiger partial charge on any atom is -0.417 e. The van der Waals surface area contributed by atoms with Gasteiger partial charge in [0.25, 0.3) is 0 Å². The van der Waals surface area contributed by atoms with Crippen LogP contribution in [0.15, 0.2) is 84.9 Å². The summed E-state index contributed by atoms with van der Waals surface area (Å²) in [4.78, 5) is 0. The zero-order valence-electron chi connectivity index (χ0n) is 12.6. The molecule has 23 heavy (non-hydrogen) atoms. The first-order chi connectivity index (χ1) is 11.4. The fourth-order valence-electron chi connectivity index (χ4n) is 3.58. The molecule has 0 fully saturated rings. The van der Waals surface area contributed by atoms with Crippen LogP contribution in [0.3, 0.4) is 0 Å². The summed E-state index contributed by atoms with van der Waals surface area (Å²) < 4.78 is 2.39. The van der Waals surface area contributed by atoms with Gasteiger partial charge >= 0.3 is 6.85 Å². The normalized spacial score (nSPS) is 12.6. The molecule has 1 aliphatic rings. The van der Waals surface area contributed by atoms with Crippen molar-refractivity contribution in [3.05, 3.63) is 84.9 Å². The van der Waals surface area contributed by atoms with Gasteiger partial charge < -0.3 is 9.79 Å². The van der Waals surface area contributed by atoms with Gasteiger partial charge in [-0.1, -0.05) is 60.7 Å². The van der Waals surface area contributed by atoms with E-state index in [1.807, 2.05) is 0 Å². The Bertz CT molecular complexity index is 1000. The van der Waals surface area contributed by atoms with Gasteiger partial charge in [0.1, 0.15) is 0 Å². The predicted molar refractivity (Wildman–Crippen MR) is 98.4 cm³/mol. The Morgan fingerprint density at radius 2 is 1.48 bits per heavy atom. The Morgan fingerprint density at radius 1 is 0.739 bits per heavy atom. The molecule has 0 bridgehead atoms. The molecule has 108 valence electrons. The van der Waals surface area contributed by atoms with Gasteiger partial charge in [0.15, 0.2) is 0 Å². The molecule has 1 aliphatic heterocycles. The van der Waals surface area contributed by atoms with Crippen LogP contribution in [0.4, 0.5) is 5.69 Å². The summed E-state index contributed by atoms with van der Waals surface area (Å²) in [6.07, 6.45) is 0. The van der Waals surface area contributed by atoms with Gasteiger partial charge in [-0.3, -0.25) is 0 Å². The van der Waals surface area contributed by atoms with E-state index in [0.717, 1.165) is 0 Å². The SMILES string of the molecule is c1ccc(B2Nc3ccccc3-n3c2cc2ccccc23)cc1. The molecule has 0 radical (unpaired) electrons. The van der Waals surface area contributed by atoms with Crippen molar-refractivity contribution < 1.29 is 0 Å². The average molecular weight is 294 g/mol. The van der Waals surface area contributed by atoms with E-state index in [1.54, 1.807) is 0 Å². The van der Waals surface area contributed by atoms with Crippen molar-refractivity contribution >= 4 is 34.5 Å². The van der Waals surface area contributed by atoms with Crippen LogP contribution in [0.5, 0.6) is 0 Å². The Kier molecular flexibility index (Phi) is 2.62. The quantitative estimate of drug-likeness (QED) is 0.534. The first-order valence-corrected chi connectivity index (χ1v) is 7.93. The van der Waals surface area contributed by atoms with Crippen molar-refractivity contribution in [2.45, 2.75) is 0 Å². The maximum atomic E-state index is 3.71. The molecule has 2 nitrogen and oxygen atoms in total. The molecule has 0 saturated carbocycles. The van der Waals surface area contributed by atoms with Crippen molar-refractivity contribution in [3.63, 3.8) is 0 Å². The second-order valence-corrected chi connectivity index (χ2v) is 5.97. The standard InChI is InChI=1S/C20H15BN2/c1-2-9-16(10-3-1)21-20-14-15-8-4-6-12-18(15)23(20)19-13-7-5-11-17(19)22-21/h1-14,22H.